The number of benzene rings is 1. The third-order valence-corrected chi connectivity index (χ3v) is 3.64. The van der Waals surface area contributed by atoms with E-state index < -0.39 is 4.92 Å². The zero-order valence-corrected chi connectivity index (χ0v) is 11.9. The third-order valence-electron chi connectivity index (χ3n) is 2.66. The van der Waals surface area contributed by atoms with E-state index in [2.05, 4.69) is 10.6 Å². The van der Waals surface area contributed by atoms with Gasteiger partial charge in [0.15, 0.2) is 0 Å². The number of carbonyl (C=O) groups is 1. The van der Waals surface area contributed by atoms with Crippen molar-refractivity contribution in [2.75, 3.05) is 25.2 Å². The van der Waals surface area contributed by atoms with Crippen LogP contribution in [0.15, 0.2) is 18.2 Å². The Hall–Kier alpha value is -1.76. The minimum Gasteiger partial charge on any atom is -0.378 e. The van der Waals surface area contributed by atoms with Crippen LogP contribution in [0, 0.1) is 10.1 Å². The average molecular weight is 283 g/mol. The lowest BCUT2D eigenvalue weighted by molar-refractivity contribution is -0.384. The zero-order valence-electron chi connectivity index (χ0n) is 11.1. The molecule has 19 heavy (non-hydrogen) atoms. The van der Waals surface area contributed by atoms with Gasteiger partial charge in [-0.3, -0.25) is 14.9 Å². The van der Waals surface area contributed by atoms with Crippen molar-refractivity contribution in [2.24, 2.45) is 0 Å². The van der Waals surface area contributed by atoms with Crippen molar-refractivity contribution < 1.29 is 9.72 Å². The molecule has 2 N–H and O–H groups in total. The minimum absolute atomic E-state index is 0.0269. The fourth-order valence-electron chi connectivity index (χ4n) is 1.46. The van der Waals surface area contributed by atoms with Crippen molar-refractivity contribution in [3.63, 3.8) is 0 Å². The van der Waals surface area contributed by atoms with Crippen LogP contribution in [-0.2, 0) is 0 Å². The fourth-order valence-corrected chi connectivity index (χ4v) is 1.71. The third kappa shape index (κ3) is 4.13. The van der Waals surface area contributed by atoms with Gasteiger partial charge in [-0.05, 0) is 18.4 Å². The Morgan fingerprint density at radius 1 is 1.53 bits per heavy atom. The monoisotopic (exact) mass is 283 g/mol. The van der Waals surface area contributed by atoms with Crippen LogP contribution in [-0.4, -0.2) is 35.9 Å². The maximum absolute atomic E-state index is 11.5. The molecule has 0 radical (unpaired) electrons. The number of hydrogen-bond acceptors (Lipinski definition) is 5. The van der Waals surface area contributed by atoms with E-state index in [4.69, 9.17) is 0 Å². The summed E-state index contributed by atoms with van der Waals surface area (Å²) < 4.78 is 0. The number of nitrogens with one attached hydrogen (secondary N) is 2. The van der Waals surface area contributed by atoms with Crippen molar-refractivity contribution in [3.05, 3.63) is 33.9 Å². The van der Waals surface area contributed by atoms with Crippen LogP contribution in [0.2, 0.25) is 0 Å². The number of rotatable bonds is 6. The Morgan fingerprint density at radius 3 is 2.74 bits per heavy atom. The second kappa shape index (κ2) is 6.98. The van der Waals surface area contributed by atoms with E-state index in [1.807, 2.05) is 13.2 Å². The second-order valence-electron chi connectivity index (χ2n) is 4.00. The van der Waals surface area contributed by atoms with Crippen LogP contribution in [0.1, 0.15) is 17.3 Å². The van der Waals surface area contributed by atoms with Crippen LogP contribution in [0.4, 0.5) is 11.4 Å². The fraction of sp³-hybridized carbons (Fsp3) is 0.417. The molecule has 0 aromatic heterocycles. The summed E-state index contributed by atoms with van der Waals surface area (Å²) in [5.74, 6) is -0.268. The summed E-state index contributed by atoms with van der Waals surface area (Å²) in [5, 5.41) is 16.8. The Morgan fingerprint density at radius 2 is 2.21 bits per heavy atom. The number of nitrogens with zero attached hydrogens (tertiary/aromatic N) is 1. The van der Waals surface area contributed by atoms with Crippen LogP contribution in [0.3, 0.4) is 0 Å². The van der Waals surface area contributed by atoms with Crippen molar-refractivity contribution in [3.8, 4) is 0 Å². The predicted octanol–water partition coefficient (Wildman–Crippen LogP) is 2.12. The summed E-state index contributed by atoms with van der Waals surface area (Å²) in [4.78, 5) is 22.0. The zero-order chi connectivity index (χ0) is 14.4. The Bertz CT molecular complexity index is 479. The molecule has 1 rings (SSSR count). The highest BCUT2D eigenvalue weighted by Gasteiger charge is 2.16. The van der Waals surface area contributed by atoms with E-state index in [1.54, 1.807) is 11.8 Å². The van der Waals surface area contributed by atoms with Gasteiger partial charge in [-0.2, -0.15) is 11.8 Å². The van der Waals surface area contributed by atoms with Crippen molar-refractivity contribution in [1.29, 1.82) is 0 Å². The van der Waals surface area contributed by atoms with Gasteiger partial charge in [0.2, 0.25) is 0 Å². The van der Waals surface area contributed by atoms with Crippen LogP contribution in [0.5, 0.6) is 0 Å². The number of thioether (sulfide) groups is 1. The number of carbonyl (C=O) groups excluding carboxylic acids is 1. The number of nitro groups is 1. The molecule has 1 unspecified atom stereocenters. The molecule has 104 valence electrons. The standard InChI is InChI=1S/C12H17N3O3S/c1-8(19-3)7-14-10-6-9(12(16)13-2)4-5-11(10)15(17)18/h4-6,8,14H,7H2,1-3H3,(H,13,16). The highest BCUT2D eigenvalue weighted by Crippen LogP contribution is 2.26. The first-order chi connectivity index (χ1) is 8.99. The molecule has 0 aliphatic rings. The maximum Gasteiger partial charge on any atom is 0.292 e. The number of amides is 1. The Kier molecular flexibility index (Phi) is 5.62. The van der Waals surface area contributed by atoms with Gasteiger partial charge in [-0.1, -0.05) is 6.92 Å². The summed E-state index contributed by atoms with van der Waals surface area (Å²) in [7, 11) is 1.52. The van der Waals surface area contributed by atoms with Crippen molar-refractivity contribution in [2.45, 2.75) is 12.2 Å². The summed E-state index contributed by atoms with van der Waals surface area (Å²) in [6.45, 7) is 2.62. The van der Waals surface area contributed by atoms with E-state index in [9.17, 15) is 14.9 Å². The average Bonchev–Trinajstić information content (AvgIpc) is 2.43. The topological polar surface area (TPSA) is 84.3 Å². The molecule has 7 heteroatoms. The first kappa shape index (κ1) is 15.3. The molecule has 1 aromatic carbocycles. The second-order valence-corrected chi connectivity index (χ2v) is 5.27. The highest BCUT2D eigenvalue weighted by atomic mass is 32.2. The van der Waals surface area contributed by atoms with Gasteiger partial charge in [0.25, 0.3) is 11.6 Å². The Labute approximate surface area is 116 Å². The number of anilines is 1. The lowest BCUT2D eigenvalue weighted by Crippen LogP contribution is -2.19. The Balaban J connectivity index is 3.01. The first-order valence-corrected chi connectivity index (χ1v) is 7.05. The molecular formula is C12H17N3O3S. The molecule has 6 nitrogen and oxygen atoms in total. The van der Waals surface area contributed by atoms with E-state index in [0.717, 1.165) is 0 Å². The van der Waals surface area contributed by atoms with Gasteiger partial charge in [0, 0.05) is 30.5 Å². The molecule has 0 heterocycles. The first-order valence-electron chi connectivity index (χ1n) is 5.76. The van der Waals surface area contributed by atoms with E-state index in [-0.39, 0.29) is 11.6 Å². The molecule has 1 amide bonds. The maximum atomic E-state index is 11.5. The van der Waals surface area contributed by atoms with Gasteiger partial charge < -0.3 is 10.6 Å². The molecule has 0 aliphatic heterocycles. The van der Waals surface area contributed by atoms with E-state index >= 15 is 0 Å². The number of nitro benzene ring substituents is 1. The molecular weight excluding hydrogens is 266 g/mol. The molecule has 1 atom stereocenters. The molecule has 0 aliphatic carbocycles. The smallest absolute Gasteiger partial charge is 0.292 e. The number of hydrogen-bond donors (Lipinski definition) is 2. The molecule has 0 fully saturated rings. The van der Waals surface area contributed by atoms with Crippen LogP contribution in [0.25, 0.3) is 0 Å². The van der Waals surface area contributed by atoms with Gasteiger partial charge in [-0.15, -0.1) is 0 Å². The predicted molar refractivity (Wildman–Crippen MR) is 78.0 cm³/mol. The van der Waals surface area contributed by atoms with Crippen molar-refractivity contribution >= 4 is 29.0 Å². The normalized spacial score (nSPS) is 11.7. The molecule has 0 spiro atoms. The van der Waals surface area contributed by atoms with Gasteiger partial charge in [-0.25, -0.2) is 0 Å². The van der Waals surface area contributed by atoms with E-state index in [1.165, 1.54) is 25.2 Å². The lowest BCUT2D eigenvalue weighted by Gasteiger charge is -2.12. The van der Waals surface area contributed by atoms with Crippen LogP contribution < -0.4 is 10.6 Å². The lowest BCUT2D eigenvalue weighted by atomic mass is 10.1. The summed E-state index contributed by atoms with van der Waals surface area (Å²) >= 11 is 1.66. The van der Waals surface area contributed by atoms with E-state index in [0.29, 0.717) is 23.0 Å². The SMILES string of the molecule is CNC(=O)c1ccc([N+](=O)[O-])c(NCC(C)SC)c1. The van der Waals surface area contributed by atoms with Gasteiger partial charge >= 0.3 is 0 Å². The molecule has 0 saturated carbocycles. The summed E-state index contributed by atoms with van der Waals surface area (Å²) in [5.41, 5.74) is 0.736. The summed E-state index contributed by atoms with van der Waals surface area (Å²) in [6, 6.07) is 4.29. The van der Waals surface area contributed by atoms with Crippen molar-refractivity contribution in [1.82, 2.24) is 5.32 Å². The largest absolute Gasteiger partial charge is 0.378 e. The van der Waals surface area contributed by atoms with Gasteiger partial charge in [0.1, 0.15) is 5.69 Å². The van der Waals surface area contributed by atoms with Gasteiger partial charge in [0.05, 0.1) is 4.92 Å². The minimum atomic E-state index is -0.459. The molecule has 0 bridgehead atoms. The van der Waals surface area contributed by atoms with Crippen LogP contribution >= 0.6 is 11.8 Å². The molecule has 1 aromatic rings. The quantitative estimate of drug-likeness (QED) is 0.617. The summed E-state index contributed by atoms with van der Waals surface area (Å²) in [6.07, 6.45) is 1.97. The molecule has 0 saturated heterocycles. The highest BCUT2D eigenvalue weighted by molar-refractivity contribution is 7.99.